The van der Waals surface area contributed by atoms with Crippen molar-refractivity contribution in [3.8, 4) is 0 Å². The molecule has 0 bridgehead atoms. The highest BCUT2D eigenvalue weighted by molar-refractivity contribution is 6.11. The van der Waals surface area contributed by atoms with Gasteiger partial charge in [-0.15, -0.1) is 0 Å². The highest BCUT2D eigenvalue weighted by Gasteiger charge is 2.12. The summed E-state index contributed by atoms with van der Waals surface area (Å²) in [5.74, 6) is -0.476. The number of hydrogen-bond acceptors (Lipinski definition) is 3. The molecule has 0 spiro atoms. The van der Waals surface area contributed by atoms with Crippen LogP contribution in [0.2, 0.25) is 0 Å². The summed E-state index contributed by atoms with van der Waals surface area (Å²) in [6.45, 7) is 6.59. The SMILES string of the molecule is CCn1c2ccccc2c2cc(NC(=O)C/C(C)=N/NC(=O)c3ccccc3C)ccc21. The lowest BCUT2D eigenvalue weighted by atomic mass is 10.1. The van der Waals surface area contributed by atoms with E-state index >= 15 is 0 Å². The number of anilines is 1. The van der Waals surface area contributed by atoms with Crippen LogP contribution in [0.3, 0.4) is 0 Å². The van der Waals surface area contributed by atoms with Crippen molar-refractivity contribution in [3.05, 3.63) is 77.9 Å². The molecule has 2 amide bonds. The van der Waals surface area contributed by atoms with Crippen molar-refractivity contribution in [2.75, 3.05) is 5.32 Å². The zero-order chi connectivity index (χ0) is 22.7. The summed E-state index contributed by atoms with van der Waals surface area (Å²) >= 11 is 0. The minimum absolute atomic E-state index is 0.0861. The van der Waals surface area contributed by atoms with E-state index in [-0.39, 0.29) is 18.2 Å². The molecule has 6 heteroatoms. The first-order valence-corrected chi connectivity index (χ1v) is 10.7. The van der Waals surface area contributed by atoms with Gasteiger partial charge in [0, 0.05) is 45.3 Å². The van der Waals surface area contributed by atoms with Gasteiger partial charge in [0.05, 0.1) is 6.42 Å². The maximum Gasteiger partial charge on any atom is 0.271 e. The predicted molar refractivity (Wildman–Crippen MR) is 130 cm³/mol. The molecule has 6 nitrogen and oxygen atoms in total. The van der Waals surface area contributed by atoms with Crippen LogP contribution in [-0.4, -0.2) is 22.1 Å². The minimum atomic E-state index is -0.291. The summed E-state index contributed by atoms with van der Waals surface area (Å²) in [4.78, 5) is 24.8. The number of aromatic nitrogens is 1. The van der Waals surface area contributed by atoms with Gasteiger partial charge in [-0.2, -0.15) is 5.10 Å². The molecule has 0 aliphatic rings. The van der Waals surface area contributed by atoms with Crippen LogP contribution in [0.1, 0.15) is 36.2 Å². The average molecular weight is 427 g/mol. The van der Waals surface area contributed by atoms with Gasteiger partial charge >= 0.3 is 0 Å². The molecular formula is C26H26N4O2. The van der Waals surface area contributed by atoms with E-state index in [1.165, 1.54) is 5.52 Å². The number of nitrogens with one attached hydrogen (secondary N) is 2. The largest absolute Gasteiger partial charge is 0.341 e. The topological polar surface area (TPSA) is 75.5 Å². The van der Waals surface area contributed by atoms with Crippen LogP contribution in [0.25, 0.3) is 21.8 Å². The summed E-state index contributed by atoms with van der Waals surface area (Å²) in [6, 6.07) is 21.5. The number of para-hydroxylation sites is 1. The minimum Gasteiger partial charge on any atom is -0.341 e. The number of benzene rings is 3. The third-order valence-electron chi connectivity index (χ3n) is 5.53. The van der Waals surface area contributed by atoms with Crippen molar-refractivity contribution in [2.24, 2.45) is 5.10 Å². The Morgan fingerprint density at radius 1 is 0.938 bits per heavy atom. The van der Waals surface area contributed by atoms with E-state index < -0.39 is 0 Å². The van der Waals surface area contributed by atoms with Gasteiger partial charge in [0.25, 0.3) is 5.91 Å². The zero-order valence-corrected chi connectivity index (χ0v) is 18.5. The fraction of sp³-hybridized carbons (Fsp3) is 0.192. The molecular weight excluding hydrogens is 400 g/mol. The molecule has 4 aromatic rings. The van der Waals surface area contributed by atoms with Crippen molar-refractivity contribution in [1.82, 2.24) is 9.99 Å². The Labute approximate surface area is 186 Å². The van der Waals surface area contributed by atoms with E-state index in [1.807, 2.05) is 49.4 Å². The van der Waals surface area contributed by atoms with Crippen LogP contribution in [-0.2, 0) is 11.3 Å². The van der Waals surface area contributed by atoms with Gasteiger partial charge in [0.1, 0.15) is 0 Å². The lowest BCUT2D eigenvalue weighted by Crippen LogP contribution is -2.22. The summed E-state index contributed by atoms with van der Waals surface area (Å²) < 4.78 is 2.27. The highest BCUT2D eigenvalue weighted by Crippen LogP contribution is 2.31. The molecule has 162 valence electrons. The van der Waals surface area contributed by atoms with Gasteiger partial charge in [-0.1, -0.05) is 36.4 Å². The van der Waals surface area contributed by atoms with Gasteiger partial charge in [-0.05, 0) is 56.7 Å². The van der Waals surface area contributed by atoms with Crippen molar-refractivity contribution < 1.29 is 9.59 Å². The first kappa shape index (κ1) is 21.3. The number of hydrogen-bond donors (Lipinski definition) is 2. The Hall–Kier alpha value is -3.93. The second-order valence-electron chi connectivity index (χ2n) is 7.82. The molecule has 1 heterocycles. The third kappa shape index (κ3) is 4.25. The number of nitrogens with zero attached hydrogens (tertiary/aromatic N) is 2. The van der Waals surface area contributed by atoms with Crippen molar-refractivity contribution in [3.63, 3.8) is 0 Å². The van der Waals surface area contributed by atoms with Crippen molar-refractivity contribution in [1.29, 1.82) is 0 Å². The molecule has 3 aromatic carbocycles. The highest BCUT2D eigenvalue weighted by atomic mass is 16.2. The van der Waals surface area contributed by atoms with Gasteiger partial charge in [-0.3, -0.25) is 9.59 Å². The molecule has 2 N–H and O–H groups in total. The first-order valence-electron chi connectivity index (χ1n) is 10.7. The van der Waals surface area contributed by atoms with Crippen molar-refractivity contribution in [2.45, 2.75) is 33.7 Å². The third-order valence-corrected chi connectivity index (χ3v) is 5.53. The number of fused-ring (bicyclic) bond motifs is 3. The van der Waals surface area contributed by atoms with Crippen LogP contribution in [0.15, 0.2) is 71.8 Å². The van der Waals surface area contributed by atoms with Crippen LogP contribution in [0, 0.1) is 6.92 Å². The molecule has 0 radical (unpaired) electrons. The molecule has 0 unspecified atom stereocenters. The Balaban J connectivity index is 1.45. The summed E-state index contributed by atoms with van der Waals surface area (Å²) in [7, 11) is 0. The van der Waals surface area contributed by atoms with E-state index in [2.05, 4.69) is 39.5 Å². The van der Waals surface area contributed by atoms with Crippen LogP contribution < -0.4 is 10.7 Å². The monoisotopic (exact) mass is 426 g/mol. The van der Waals surface area contributed by atoms with Crippen LogP contribution in [0.4, 0.5) is 5.69 Å². The van der Waals surface area contributed by atoms with Gasteiger partial charge in [0.15, 0.2) is 0 Å². The van der Waals surface area contributed by atoms with E-state index in [0.717, 1.165) is 34.1 Å². The second kappa shape index (κ2) is 9.06. The molecule has 0 aliphatic heterocycles. The van der Waals surface area contributed by atoms with E-state index in [1.54, 1.807) is 19.1 Å². The first-order chi connectivity index (χ1) is 15.5. The van der Waals surface area contributed by atoms with Gasteiger partial charge in [0.2, 0.25) is 5.91 Å². The lowest BCUT2D eigenvalue weighted by molar-refractivity contribution is -0.115. The number of rotatable bonds is 6. The zero-order valence-electron chi connectivity index (χ0n) is 18.5. The lowest BCUT2D eigenvalue weighted by Gasteiger charge is -2.07. The Morgan fingerprint density at radius 3 is 2.44 bits per heavy atom. The second-order valence-corrected chi connectivity index (χ2v) is 7.82. The summed E-state index contributed by atoms with van der Waals surface area (Å²) in [5, 5.41) is 9.30. The Bertz CT molecular complexity index is 1350. The predicted octanol–water partition coefficient (Wildman–Crippen LogP) is 5.26. The Kier molecular flexibility index (Phi) is 6.03. The fourth-order valence-corrected chi connectivity index (χ4v) is 3.98. The Morgan fingerprint density at radius 2 is 1.66 bits per heavy atom. The van der Waals surface area contributed by atoms with E-state index in [9.17, 15) is 9.59 Å². The summed E-state index contributed by atoms with van der Waals surface area (Å²) in [5.41, 5.74) is 7.54. The average Bonchev–Trinajstić information content (AvgIpc) is 3.10. The number of carbonyl (C=O) groups is 2. The van der Waals surface area contributed by atoms with Crippen molar-refractivity contribution >= 4 is 45.0 Å². The molecule has 32 heavy (non-hydrogen) atoms. The molecule has 0 saturated heterocycles. The van der Waals surface area contributed by atoms with E-state index in [4.69, 9.17) is 0 Å². The molecule has 0 aliphatic carbocycles. The van der Waals surface area contributed by atoms with E-state index in [0.29, 0.717) is 11.3 Å². The number of hydrazone groups is 1. The maximum absolute atomic E-state index is 12.5. The standard InChI is InChI=1S/C26H26N4O2/c1-4-30-23-12-8-7-11-21(23)22-16-19(13-14-24(22)30)27-25(31)15-18(3)28-29-26(32)20-10-6-5-9-17(20)2/h5-14,16H,4,15H2,1-3H3,(H,27,31)(H,29,32)/b28-18+. The molecule has 0 atom stereocenters. The van der Waals surface area contributed by atoms with Crippen LogP contribution in [0.5, 0.6) is 0 Å². The molecule has 4 rings (SSSR count). The smallest absolute Gasteiger partial charge is 0.271 e. The maximum atomic E-state index is 12.5. The fourth-order valence-electron chi connectivity index (χ4n) is 3.98. The van der Waals surface area contributed by atoms with Gasteiger partial charge < -0.3 is 9.88 Å². The molecule has 0 fully saturated rings. The normalized spacial score (nSPS) is 11.7. The summed E-state index contributed by atoms with van der Waals surface area (Å²) in [6.07, 6.45) is 0.0861. The number of aryl methyl sites for hydroxylation is 2. The quantitative estimate of drug-likeness (QED) is 0.326. The van der Waals surface area contributed by atoms with Gasteiger partial charge in [-0.25, -0.2) is 5.43 Å². The number of amides is 2. The molecule has 0 saturated carbocycles. The molecule has 1 aromatic heterocycles. The number of carbonyl (C=O) groups excluding carboxylic acids is 2. The van der Waals surface area contributed by atoms with Crippen LogP contribution >= 0.6 is 0 Å².